The normalized spacial score (nSPS) is 31.2. The lowest BCUT2D eigenvalue weighted by molar-refractivity contribution is -0.294. The minimum Gasteiger partial charge on any atom is -0.507 e. The van der Waals surface area contributed by atoms with Gasteiger partial charge in [-0.25, -0.2) is 0 Å². The van der Waals surface area contributed by atoms with Crippen molar-refractivity contribution in [2.24, 2.45) is 0 Å². The van der Waals surface area contributed by atoms with E-state index in [1.807, 2.05) is 46.9 Å². The number of anilines is 1. The molecule has 0 amide bonds. The Bertz CT molecular complexity index is 1570. The third-order valence-electron chi connectivity index (χ3n) is 9.52. The molecule has 3 aromatic carbocycles. The van der Waals surface area contributed by atoms with Crippen LogP contribution in [0, 0.1) is 20.8 Å². The Morgan fingerprint density at radius 1 is 0.975 bits per heavy atom. The molecule has 3 aromatic rings. The molecule has 1 spiro atoms. The van der Waals surface area contributed by atoms with Crippen LogP contribution in [0.15, 0.2) is 12.1 Å². The monoisotopic (exact) mass is 551 g/mol. The number of hydrogen-bond donors (Lipinski definition) is 4. The number of phenolic OH excluding ortho intramolecular Hbond substituents is 2. The first kappa shape index (κ1) is 26.1. The Labute approximate surface area is 232 Å². The number of aliphatic hydroxyl groups excluding tert-OH is 1. The summed E-state index contributed by atoms with van der Waals surface area (Å²) < 4.78 is 32.7. The lowest BCUT2D eigenvalue weighted by Crippen LogP contribution is -2.67. The number of aliphatic hydroxyl groups is 1. The standard InChI is InChI=1S/C31H37NO8/c1-15-12-19-22(25(35)21-17(3)23(32-5)16(2)13-18(21)24(19)34)26-20(15)27-28-31(39-26,36-11-9-7-6-8-10-33)30(14-37-30)29(4,38-27)40-28/h12-13,27-28,32-35H,6-11,14H2,1-5H3/t27-,28?,29?,30?,31?/m1/s1. The molecule has 4 unspecified atom stereocenters. The SMILES string of the molecule is CNc1c(C)cc2c(O)c3cc(C)c4c(c3c(O)c2c1C)OC1(OCCCCCCO)C2OC(C)(O[C@H]42)C12CO2. The summed E-state index contributed by atoms with van der Waals surface area (Å²) in [6.45, 7) is 8.71. The molecule has 4 aliphatic heterocycles. The Kier molecular flexibility index (Phi) is 5.61. The van der Waals surface area contributed by atoms with Crippen molar-refractivity contribution >= 4 is 27.2 Å². The number of unbranched alkanes of at least 4 members (excludes halogenated alkanes) is 3. The number of epoxide rings is 1. The fraction of sp³-hybridized carbons (Fsp3) is 0.548. The molecule has 7 rings (SSSR count). The number of phenols is 2. The molecule has 214 valence electrons. The minimum absolute atomic E-state index is 0.0393. The fourth-order valence-corrected chi connectivity index (χ4v) is 7.52. The van der Waals surface area contributed by atoms with Gasteiger partial charge in [0, 0.05) is 41.1 Å². The highest BCUT2D eigenvalue weighted by atomic mass is 16.9. The van der Waals surface area contributed by atoms with Crippen LogP contribution in [0.25, 0.3) is 21.5 Å². The molecule has 4 heterocycles. The molecule has 40 heavy (non-hydrogen) atoms. The Morgan fingerprint density at radius 2 is 1.68 bits per heavy atom. The molecule has 0 saturated carbocycles. The summed E-state index contributed by atoms with van der Waals surface area (Å²) in [7, 11) is 1.85. The second-order valence-electron chi connectivity index (χ2n) is 11.8. The predicted octanol–water partition coefficient (Wildman–Crippen LogP) is 4.98. The average Bonchev–Trinajstić information content (AvgIpc) is 3.62. The minimum atomic E-state index is -1.27. The van der Waals surface area contributed by atoms with Gasteiger partial charge in [-0.1, -0.05) is 12.8 Å². The summed E-state index contributed by atoms with van der Waals surface area (Å²) in [5.74, 6) is -1.75. The van der Waals surface area contributed by atoms with Crippen molar-refractivity contribution in [2.45, 2.75) is 82.8 Å². The quantitative estimate of drug-likeness (QED) is 0.133. The van der Waals surface area contributed by atoms with E-state index in [2.05, 4.69) is 5.32 Å². The average molecular weight is 552 g/mol. The van der Waals surface area contributed by atoms with Crippen LogP contribution in [0.3, 0.4) is 0 Å². The number of rotatable bonds is 8. The van der Waals surface area contributed by atoms with Crippen LogP contribution in [0.2, 0.25) is 0 Å². The molecule has 3 fully saturated rings. The number of aromatic hydroxyl groups is 2. The molecular weight excluding hydrogens is 514 g/mol. The van der Waals surface area contributed by atoms with E-state index in [0.717, 1.165) is 53.6 Å². The number of hydrogen-bond acceptors (Lipinski definition) is 9. The topological polar surface area (TPSA) is 122 Å². The zero-order valence-electron chi connectivity index (χ0n) is 23.6. The first-order chi connectivity index (χ1) is 19.1. The van der Waals surface area contributed by atoms with Gasteiger partial charge >= 0.3 is 0 Å². The fourth-order valence-electron chi connectivity index (χ4n) is 7.52. The van der Waals surface area contributed by atoms with Gasteiger partial charge in [0.15, 0.2) is 6.10 Å². The predicted molar refractivity (Wildman–Crippen MR) is 149 cm³/mol. The lowest BCUT2D eigenvalue weighted by atomic mass is 9.79. The van der Waals surface area contributed by atoms with Crippen molar-refractivity contribution in [3.05, 3.63) is 34.4 Å². The molecule has 5 atom stereocenters. The van der Waals surface area contributed by atoms with Crippen LogP contribution in [-0.4, -0.2) is 65.5 Å². The third-order valence-corrected chi connectivity index (χ3v) is 9.52. The van der Waals surface area contributed by atoms with Crippen molar-refractivity contribution in [1.29, 1.82) is 0 Å². The summed E-state index contributed by atoms with van der Waals surface area (Å²) in [6.07, 6.45) is 2.33. The highest BCUT2D eigenvalue weighted by Gasteiger charge is 2.90. The molecular formula is C31H37NO8. The van der Waals surface area contributed by atoms with E-state index in [4.69, 9.17) is 28.8 Å². The van der Waals surface area contributed by atoms with Gasteiger partial charge in [0.25, 0.3) is 5.79 Å². The second kappa shape index (κ2) is 8.59. The summed E-state index contributed by atoms with van der Waals surface area (Å²) in [5, 5.41) is 37.9. The molecule has 4 aliphatic rings. The van der Waals surface area contributed by atoms with Gasteiger partial charge in [-0.3, -0.25) is 0 Å². The van der Waals surface area contributed by atoms with Crippen LogP contribution in [0.4, 0.5) is 5.69 Å². The van der Waals surface area contributed by atoms with E-state index in [-0.39, 0.29) is 18.1 Å². The van der Waals surface area contributed by atoms with Gasteiger partial charge in [-0.05, 0) is 69.4 Å². The van der Waals surface area contributed by atoms with E-state index < -0.39 is 29.4 Å². The zero-order valence-corrected chi connectivity index (χ0v) is 23.6. The van der Waals surface area contributed by atoms with Crippen LogP contribution in [0.5, 0.6) is 17.2 Å². The molecule has 2 bridgehead atoms. The van der Waals surface area contributed by atoms with E-state index >= 15 is 0 Å². The zero-order chi connectivity index (χ0) is 28.2. The molecule has 4 N–H and O–H groups in total. The summed E-state index contributed by atoms with van der Waals surface area (Å²) >= 11 is 0. The van der Waals surface area contributed by atoms with Gasteiger partial charge in [0.2, 0.25) is 11.4 Å². The molecule has 0 radical (unpaired) electrons. The number of ether oxygens (including phenoxy) is 5. The lowest BCUT2D eigenvalue weighted by Gasteiger charge is -2.48. The third kappa shape index (κ3) is 3.04. The highest BCUT2D eigenvalue weighted by Crippen LogP contribution is 2.71. The van der Waals surface area contributed by atoms with Crippen molar-refractivity contribution in [3.8, 4) is 17.2 Å². The summed E-state index contributed by atoms with van der Waals surface area (Å²) in [6, 6.07) is 3.78. The van der Waals surface area contributed by atoms with Gasteiger partial charge in [0.05, 0.1) is 18.6 Å². The van der Waals surface area contributed by atoms with Crippen molar-refractivity contribution in [1.82, 2.24) is 0 Å². The number of nitrogens with one attached hydrogen (secondary N) is 1. The smallest absolute Gasteiger partial charge is 0.277 e. The second-order valence-corrected chi connectivity index (χ2v) is 11.8. The van der Waals surface area contributed by atoms with Gasteiger partial charge in [0.1, 0.15) is 23.4 Å². The van der Waals surface area contributed by atoms with Gasteiger partial charge in [-0.2, -0.15) is 0 Å². The van der Waals surface area contributed by atoms with Crippen LogP contribution in [-0.2, 0) is 18.9 Å². The maximum Gasteiger partial charge on any atom is 0.277 e. The van der Waals surface area contributed by atoms with Crippen LogP contribution < -0.4 is 10.1 Å². The number of aryl methyl sites for hydroxylation is 3. The Morgan fingerprint density at radius 3 is 2.38 bits per heavy atom. The molecule has 9 heteroatoms. The summed E-state index contributed by atoms with van der Waals surface area (Å²) in [5.41, 5.74) is 3.41. The van der Waals surface area contributed by atoms with E-state index in [0.29, 0.717) is 40.5 Å². The summed E-state index contributed by atoms with van der Waals surface area (Å²) in [4.78, 5) is 0. The number of benzene rings is 3. The molecule has 3 saturated heterocycles. The van der Waals surface area contributed by atoms with Crippen molar-refractivity contribution in [2.75, 3.05) is 32.2 Å². The van der Waals surface area contributed by atoms with Gasteiger partial charge in [-0.15, -0.1) is 0 Å². The first-order valence-electron chi connectivity index (χ1n) is 14.2. The highest BCUT2D eigenvalue weighted by molar-refractivity contribution is 6.15. The Hall–Kier alpha value is -2.82. The number of fused-ring (bicyclic) bond motifs is 8. The van der Waals surface area contributed by atoms with Crippen LogP contribution >= 0.6 is 0 Å². The maximum absolute atomic E-state index is 11.9. The van der Waals surface area contributed by atoms with E-state index in [1.54, 1.807) is 0 Å². The molecule has 0 aromatic heterocycles. The van der Waals surface area contributed by atoms with Gasteiger partial charge < -0.3 is 44.3 Å². The van der Waals surface area contributed by atoms with E-state index in [9.17, 15) is 10.2 Å². The van der Waals surface area contributed by atoms with E-state index in [1.165, 1.54) is 0 Å². The Balaban J connectivity index is 1.43. The van der Waals surface area contributed by atoms with Crippen molar-refractivity contribution in [3.63, 3.8) is 0 Å². The molecule has 0 aliphatic carbocycles. The van der Waals surface area contributed by atoms with Crippen molar-refractivity contribution < 1.29 is 39.0 Å². The first-order valence-corrected chi connectivity index (χ1v) is 14.2. The molecule has 9 nitrogen and oxygen atoms in total. The maximum atomic E-state index is 11.9. The largest absolute Gasteiger partial charge is 0.507 e. The van der Waals surface area contributed by atoms with Crippen LogP contribution in [0.1, 0.15) is 61.0 Å².